The lowest BCUT2D eigenvalue weighted by atomic mass is 10.2. The summed E-state index contributed by atoms with van der Waals surface area (Å²) in [5.74, 6) is 0.536. The van der Waals surface area contributed by atoms with E-state index in [1.807, 2.05) is 30.1 Å². The van der Waals surface area contributed by atoms with Crippen molar-refractivity contribution in [2.75, 3.05) is 11.9 Å². The first-order chi connectivity index (χ1) is 10.8. The van der Waals surface area contributed by atoms with Crippen LogP contribution in [0.2, 0.25) is 0 Å². The molecular weight excluding hydrogens is 297 g/mol. The Morgan fingerprint density at radius 2 is 1.91 bits per heavy atom. The number of nitrogens with zero attached hydrogens (tertiary/aromatic N) is 1. The zero-order valence-corrected chi connectivity index (χ0v) is 12.5. The molecule has 2 heterocycles. The molecule has 1 unspecified atom stereocenters. The summed E-state index contributed by atoms with van der Waals surface area (Å²) < 4.78 is 13.0. The second-order valence-corrected chi connectivity index (χ2v) is 6.42. The molecule has 0 fully saturated rings. The molecule has 0 radical (unpaired) electrons. The number of hydrogen-bond acceptors (Lipinski definition) is 3. The molecule has 22 heavy (non-hydrogen) atoms. The van der Waals surface area contributed by atoms with Crippen LogP contribution < -0.4 is 5.32 Å². The maximum absolute atomic E-state index is 13.0. The van der Waals surface area contributed by atoms with Crippen LogP contribution in [0.15, 0.2) is 59.6 Å². The number of halogens is 1. The number of benzene rings is 2. The predicted octanol–water partition coefficient (Wildman–Crippen LogP) is 4.47. The van der Waals surface area contributed by atoms with Gasteiger partial charge < -0.3 is 10.3 Å². The Kier molecular flexibility index (Phi) is 3.35. The molecule has 2 N–H and O–H groups in total. The number of thioether (sulfide) groups is 1. The highest BCUT2D eigenvalue weighted by atomic mass is 32.2. The summed E-state index contributed by atoms with van der Waals surface area (Å²) in [6.07, 6.45) is 1.87. The number of rotatable bonds is 2. The summed E-state index contributed by atoms with van der Waals surface area (Å²) in [7, 11) is 0. The number of para-hydroxylation sites is 1. The van der Waals surface area contributed by atoms with E-state index in [4.69, 9.17) is 0 Å². The molecular formula is C17H14FN3S. The Balaban J connectivity index is 1.59. The Bertz CT molecular complexity index is 798. The van der Waals surface area contributed by atoms with Gasteiger partial charge in [0.05, 0.1) is 10.9 Å². The summed E-state index contributed by atoms with van der Waals surface area (Å²) in [5, 5.41) is 3.74. The number of imidazole rings is 1. The van der Waals surface area contributed by atoms with E-state index in [2.05, 4.69) is 27.4 Å². The Labute approximate surface area is 132 Å². The highest BCUT2D eigenvalue weighted by molar-refractivity contribution is 7.99. The third kappa shape index (κ3) is 2.48. The van der Waals surface area contributed by atoms with Gasteiger partial charge in [0.25, 0.3) is 0 Å². The molecule has 5 heteroatoms. The van der Waals surface area contributed by atoms with E-state index in [1.54, 1.807) is 12.1 Å². The number of anilines is 1. The predicted molar refractivity (Wildman–Crippen MR) is 87.5 cm³/mol. The second kappa shape index (κ2) is 5.50. The van der Waals surface area contributed by atoms with Crippen molar-refractivity contribution in [3.63, 3.8) is 0 Å². The van der Waals surface area contributed by atoms with E-state index in [0.717, 1.165) is 23.6 Å². The summed E-state index contributed by atoms with van der Waals surface area (Å²) >= 11 is 1.83. The standard InChI is InChI=1S/C17H14FN3S/c18-12-7-5-11(6-8-12)17-20-9-14(21-17)16-10-19-13-3-1-2-4-15(13)22-16/h1-9,16,19H,10H2,(H,20,21). The fourth-order valence-corrected chi connectivity index (χ4v) is 3.68. The van der Waals surface area contributed by atoms with Crippen molar-refractivity contribution in [3.8, 4) is 11.4 Å². The van der Waals surface area contributed by atoms with Crippen molar-refractivity contribution >= 4 is 17.4 Å². The molecule has 3 aromatic rings. The van der Waals surface area contributed by atoms with Crippen LogP contribution in [0.1, 0.15) is 10.9 Å². The van der Waals surface area contributed by atoms with Crippen LogP contribution in [0.25, 0.3) is 11.4 Å². The molecule has 110 valence electrons. The molecule has 1 aliphatic rings. The Hall–Kier alpha value is -2.27. The average molecular weight is 311 g/mol. The van der Waals surface area contributed by atoms with Gasteiger partial charge in [0.2, 0.25) is 0 Å². The lowest BCUT2D eigenvalue weighted by Crippen LogP contribution is -2.15. The van der Waals surface area contributed by atoms with Crippen LogP contribution in [-0.2, 0) is 0 Å². The molecule has 1 atom stereocenters. The molecule has 0 saturated heterocycles. The van der Waals surface area contributed by atoms with E-state index >= 15 is 0 Å². The SMILES string of the molecule is Fc1ccc(-c2ncc(C3CNc4ccccc4S3)[nH]2)cc1. The molecule has 0 aliphatic carbocycles. The van der Waals surface area contributed by atoms with Crippen LogP contribution >= 0.6 is 11.8 Å². The maximum Gasteiger partial charge on any atom is 0.137 e. The van der Waals surface area contributed by atoms with Gasteiger partial charge in [-0.1, -0.05) is 12.1 Å². The molecule has 0 amide bonds. The number of aromatic nitrogens is 2. The fourth-order valence-electron chi connectivity index (χ4n) is 2.54. The van der Waals surface area contributed by atoms with E-state index in [1.165, 1.54) is 22.7 Å². The molecule has 0 saturated carbocycles. The van der Waals surface area contributed by atoms with Gasteiger partial charge in [0.15, 0.2) is 0 Å². The van der Waals surface area contributed by atoms with Crippen molar-refractivity contribution in [2.24, 2.45) is 0 Å². The average Bonchev–Trinajstić information content (AvgIpc) is 3.05. The van der Waals surface area contributed by atoms with Gasteiger partial charge in [0, 0.05) is 28.9 Å². The van der Waals surface area contributed by atoms with Crippen molar-refractivity contribution in [3.05, 3.63) is 66.2 Å². The molecule has 4 rings (SSSR count). The summed E-state index contributed by atoms with van der Waals surface area (Å²) in [5.41, 5.74) is 3.15. The monoisotopic (exact) mass is 311 g/mol. The third-order valence-electron chi connectivity index (χ3n) is 3.69. The van der Waals surface area contributed by atoms with Gasteiger partial charge in [-0.3, -0.25) is 0 Å². The van der Waals surface area contributed by atoms with Gasteiger partial charge in [-0.05, 0) is 36.4 Å². The van der Waals surface area contributed by atoms with Crippen molar-refractivity contribution in [1.82, 2.24) is 9.97 Å². The molecule has 2 aromatic carbocycles. The summed E-state index contributed by atoms with van der Waals surface area (Å²) in [4.78, 5) is 9.03. The number of hydrogen-bond donors (Lipinski definition) is 2. The molecule has 1 aliphatic heterocycles. The van der Waals surface area contributed by atoms with Crippen molar-refractivity contribution in [2.45, 2.75) is 10.1 Å². The number of nitrogens with one attached hydrogen (secondary N) is 2. The zero-order chi connectivity index (χ0) is 14.9. The van der Waals surface area contributed by atoms with Gasteiger partial charge in [-0.25, -0.2) is 9.37 Å². The van der Waals surface area contributed by atoms with Crippen LogP contribution in [0.3, 0.4) is 0 Å². The van der Waals surface area contributed by atoms with Gasteiger partial charge in [0.1, 0.15) is 11.6 Å². The lowest BCUT2D eigenvalue weighted by Gasteiger charge is -2.24. The minimum absolute atomic E-state index is 0.237. The Morgan fingerprint density at radius 1 is 1.09 bits per heavy atom. The number of H-pyrrole nitrogens is 1. The minimum Gasteiger partial charge on any atom is -0.383 e. The van der Waals surface area contributed by atoms with Crippen LogP contribution in [0.5, 0.6) is 0 Å². The quantitative estimate of drug-likeness (QED) is 0.733. The first-order valence-corrected chi connectivity index (χ1v) is 7.98. The highest BCUT2D eigenvalue weighted by Gasteiger charge is 2.22. The van der Waals surface area contributed by atoms with Crippen LogP contribution in [0.4, 0.5) is 10.1 Å². The molecule has 0 bridgehead atoms. The van der Waals surface area contributed by atoms with E-state index in [-0.39, 0.29) is 11.1 Å². The van der Waals surface area contributed by atoms with E-state index < -0.39 is 0 Å². The normalized spacial score (nSPS) is 16.9. The second-order valence-electron chi connectivity index (χ2n) is 5.18. The largest absolute Gasteiger partial charge is 0.383 e. The molecule has 3 nitrogen and oxygen atoms in total. The van der Waals surface area contributed by atoms with Crippen molar-refractivity contribution < 1.29 is 4.39 Å². The van der Waals surface area contributed by atoms with Gasteiger partial charge in [-0.2, -0.15) is 0 Å². The van der Waals surface area contributed by atoms with Crippen LogP contribution in [0, 0.1) is 5.82 Å². The highest BCUT2D eigenvalue weighted by Crippen LogP contribution is 2.42. The molecule has 1 aromatic heterocycles. The summed E-state index contributed by atoms with van der Waals surface area (Å²) in [6.45, 7) is 0.854. The fraction of sp³-hybridized carbons (Fsp3) is 0.118. The maximum atomic E-state index is 13.0. The number of fused-ring (bicyclic) bond motifs is 1. The zero-order valence-electron chi connectivity index (χ0n) is 11.7. The topological polar surface area (TPSA) is 40.7 Å². The first kappa shape index (κ1) is 13.4. The first-order valence-electron chi connectivity index (χ1n) is 7.10. The third-order valence-corrected chi connectivity index (χ3v) is 5.01. The van der Waals surface area contributed by atoms with Gasteiger partial charge in [-0.15, -0.1) is 11.8 Å². The van der Waals surface area contributed by atoms with Gasteiger partial charge >= 0.3 is 0 Å². The van der Waals surface area contributed by atoms with E-state index in [9.17, 15) is 4.39 Å². The minimum atomic E-state index is -0.237. The summed E-state index contributed by atoms with van der Waals surface area (Å²) in [6, 6.07) is 14.7. The lowest BCUT2D eigenvalue weighted by molar-refractivity contribution is 0.628. The van der Waals surface area contributed by atoms with Crippen LogP contribution in [-0.4, -0.2) is 16.5 Å². The Morgan fingerprint density at radius 3 is 2.77 bits per heavy atom. The number of aromatic amines is 1. The smallest absolute Gasteiger partial charge is 0.137 e. The van der Waals surface area contributed by atoms with Crippen molar-refractivity contribution in [1.29, 1.82) is 0 Å². The van der Waals surface area contributed by atoms with E-state index in [0.29, 0.717) is 0 Å². The molecule has 0 spiro atoms.